The van der Waals surface area contributed by atoms with Crippen LogP contribution in [0.2, 0.25) is 0 Å². The molecular weight excluding hydrogens is 255 g/mol. The first-order valence-corrected chi connectivity index (χ1v) is 7.43. The van der Waals surface area contributed by atoms with Gasteiger partial charge in [-0.1, -0.05) is 19.1 Å². The Hall–Kier alpha value is -1.42. The second-order valence-electron chi connectivity index (χ2n) is 5.50. The molecule has 0 aromatic heterocycles. The fourth-order valence-corrected chi connectivity index (χ4v) is 2.70. The van der Waals surface area contributed by atoms with Crippen LogP contribution in [0.25, 0.3) is 0 Å². The topological polar surface area (TPSA) is 32.3 Å². The summed E-state index contributed by atoms with van der Waals surface area (Å²) in [6, 6.07) is 6.70. The molecule has 1 atom stereocenters. The van der Waals surface area contributed by atoms with Crippen LogP contribution in [0.1, 0.15) is 31.7 Å². The molecule has 0 aliphatic carbocycles. The van der Waals surface area contributed by atoms with Gasteiger partial charge in [0.25, 0.3) is 0 Å². The average Bonchev–Trinajstić information content (AvgIpc) is 2.45. The molecule has 1 N–H and O–H groups in total. The third-order valence-corrected chi connectivity index (χ3v) is 3.72. The number of nitrogens with zero attached hydrogens (tertiary/aromatic N) is 1. The van der Waals surface area contributed by atoms with Crippen molar-refractivity contribution in [3.63, 3.8) is 0 Å². The number of piperidine rings is 1. The molecule has 1 aliphatic heterocycles. The molecule has 4 heteroatoms. The van der Waals surface area contributed by atoms with Crippen LogP contribution in [-0.2, 0) is 11.3 Å². The first-order valence-electron chi connectivity index (χ1n) is 7.43. The van der Waals surface area contributed by atoms with E-state index in [1.54, 1.807) is 12.1 Å². The molecule has 2 rings (SSSR count). The molecule has 1 saturated heterocycles. The van der Waals surface area contributed by atoms with Crippen LogP contribution in [-0.4, -0.2) is 30.4 Å². The zero-order valence-corrected chi connectivity index (χ0v) is 12.1. The van der Waals surface area contributed by atoms with E-state index in [2.05, 4.69) is 17.1 Å². The van der Waals surface area contributed by atoms with Crippen molar-refractivity contribution in [3.05, 3.63) is 35.6 Å². The highest BCUT2D eigenvalue weighted by Crippen LogP contribution is 2.19. The Balaban J connectivity index is 1.88. The minimum atomic E-state index is -0.197. The summed E-state index contributed by atoms with van der Waals surface area (Å²) in [5.74, 6) is 0.0383. The van der Waals surface area contributed by atoms with Gasteiger partial charge in [0.05, 0.1) is 5.92 Å². The van der Waals surface area contributed by atoms with E-state index in [1.807, 2.05) is 6.07 Å². The van der Waals surface area contributed by atoms with Crippen molar-refractivity contribution in [1.29, 1.82) is 0 Å². The summed E-state index contributed by atoms with van der Waals surface area (Å²) in [5, 5.41) is 2.97. The highest BCUT2D eigenvalue weighted by Gasteiger charge is 2.25. The molecule has 1 aliphatic rings. The molecule has 110 valence electrons. The Morgan fingerprint density at radius 1 is 1.50 bits per heavy atom. The molecule has 0 radical (unpaired) electrons. The largest absolute Gasteiger partial charge is 0.356 e. The number of hydrogen-bond acceptors (Lipinski definition) is 2. The third-order valence-electron chi connectivity index (χ3n) is 3.72. The van der Waals surface area contributed by atoms with E-state index < -0.39 is 0 Å². The quantitative estimate of drug-likeness (QED) is 0.898. The maximum absolute atomic E-state index is 13.2. The SMILES string of the molecule is CCCNC(=O)[C@H]1CCCN(Cc2cccc(F)c2)C1. The lowest BCUT2D eigenvalue weighted by atomic mass is 9.96. The van der Waals surface area contributed by atoms with E-state index in [0.29, 0.717) is 0 Å². The monoisotopic (exact) mass is 278 g/mol. The molecule has 0 unspecified atom stereocenters. The lowest BCUT2D eigenvalue weighted by Gasteiger charge is -2.32. The van der Waals surface area contributed by atoms with Gasteiger partial charge < -0.3 is 5.32 Å². The smallest absolute Gasteiger partial charge is 0.224 e. The molecule has 0 spiro atoms. The molecule has 20 heavy (non-hydrogen) atoms. The summed E-state index contributed by atoms with van der Waals surface area (Å²) >= 11 is 0. The third kappa shape index (κ3) is 4.30. The summed E-state index contributed by atoms with van der Waals surface area (Å²) in [5.41, 5.74) is 0.972. The minimum Gasteiger partial charge on any atom is -0.356 e. The second-order valence-corrected chi connectivity index (χ2v) is 5.50. The van der Waals surface area contributed by atoms with Gasteiger partial charge in [0.2, 0.25) is 5.91 Å². The fourth-order valence-electron chi connectivity index (χ4n) is 2.70. The van der Waals surface area contributed by atoms with Crippen LogP contribution in [0.5, 0.6) is 0 Å². The van der Waals surface area contributed by atoms with Gasteiger partial charge in [0.1, 0.15) is 5.82 Å². The molecule has 1 aromatic rings. The van der Waals surface area contributed by atoms with E-state index in [9.17, 15) is 9.18 Å². The minimum absolute atomic E-state index is 0.0730. The van der Waals surface area contributed by atoms with Gasteiger partial charge in [-0.25, -0.2) is 4.39 Å². The zero-order valence-electron chi connectivity index (χ0n) is 12.1. The molecular formula is C16H23FN2O. The molecule has 1 fully saturated rings. The first kappa shape index (κ1) is 15.0. The van der Waals surface area contributed by atoms with Crippen molar-refractivity contribution >= 4 is 5.91 Å². The highest BCUT2D eigenvalue weighted by molar-refractivity contribution is 5.78. The number of carbonyl (C=O) groups excluding carboxylic acids is 1. The van der Waals surface area contributed by atoms with Gasteiger partial charge in [-0.2, -0.15) is 0 Å². The molecule has 1 aromatic carbocycles. The van der Waals surface area contributed by atoms with Crippen molar-refractivity contribution in [1.82, 2.24) is 10.2 Å². The molecule has 0 bridgehead atoms. The van der Waals surface area contributed by atoms with Crippen molar-refractivity contribution < 1.29 is 9.18 Å². The Bertz CT molecular complexity index is 450. The summed E-state index contributed by atoms with van der Waals surface area (Å²) in [6.45, 7) is 5.27. The maximum Gasteiger partial charge on any atom is 0.224 e. The average molecular weight is 278 g/mol. The van der Waals surface area contributed by atoms with E-state index in [1.165, 1.54) is 6.07 Å². The summed E-state index contributed by atoms with van der Waals surface area (Å²) in [6.07, 6.45) is 2.94. The van der Waals surface area contributed by atoms with E-state index in [4.69, 9.17) is 0 Å². The predicted molar refractivity (Wildman–Crippen MR) is 77.7 cm³/mol. The first-order chi connectivity index (χ1) is 9.69. The highest BCUT2D eigenvalue weighted by atomic mass is 19.1. The summed E-state index contributed by atoms with van der Waals surface area (Å²) in [7, 11) is 0. The molecule has 1 amide bonds. The van der Waals surface area contributed by atoms with Crippen molar-refractivity contribution in [2.75, 3.05) is 19.6 Å². The number of amides is 1. The fraction of sp³-hybridized carbons (Fsp3) is 0.562. The van der Waals surface area contributed by atoms with Gasteiger partial charge >= 0.3 is 0 Å². The van der Waals surface area contributed by atoms with Crippen LogP contribution >= 0.6 is 0 Å². The van der Waals surface area contributed by atoms with Crippen molar-refractivity contribution in [3.8, 4) is 0 Å². The Kier molecular flexibility index (Phi) is 5.53. The van der Waals surface area contributed by atoms with Crippen LogP contribution in [0.15, 0.2) is 24.3 Å². The zero-order chi connectivity index (χ0) is 14.4. The van der Waals surface area contributed by atoms with Gasteiger partial charge in [-0.05, 0) is 43.5 Å². The number of rotatable bonds is 5. The summed E-state index contributed by atoms with van der Waals surface area (Å²) < 4.78 is 13.2. The van der Waals surface area contributed by atoms with Gasteiger partial charge in [-0.3, -0.25) is 9.69 Å². The Labute approximate surface area is 120 Å². The molecule has 3 nitrogen and oxygen atoms in total. The van der Waals surface area contributed by atoms with Crippen LogP contribution in [0.3, 0.4) is 0 Å². The number of nitrogens with one attached hydrogen (secondary N) is 1. The number of carbonyl (C=O) groups is 1. The maximum atomic E-state index is 13.2. The second kappa shape index (κ2) is 7.39. The normalized spacial score (nSPS) is 19.8. The Morgan fingerprint density at radius 3 is 3.10 bits per heavy atom. The van der Waals surface area contributed by atoms with E-state index in [-0.39, 0.29) is 17.6 Å². The standard InChI is InChI=1S/C16H23FN2O/c1-2-8-18-16(20)14-6-4-9-19(12-14)11-13-5-3-7-15(17)10-13/h3,5,7,10,14H,2,4,6,8-9,11-12H2,1H3,(H,18,20)/t14-/m0/s1. The van der Waals surface area contributed by atoms with Crippen molar-refractivity contribution in [2.24, 2.45) is 5.92 Å². The van der Waals surface area contributed by atoms with Crippen LogP contribution in [0, 0.1) is 11.7 Å². The number of likely N-dealkylation sites (tertiary alicyclic amines) is 1. The number of halogens is 1. The van der Waals surface area contributed by atoms with E-state index >= 15 is 0 Å². The summed E-state index contributed by atoms with van der Waals surface area (Å²) in [4.78, 5) is 14.3. The lowest BCUT2D eigenvalue weighted by Crippen LogP contribution is -2.42. The van der Waals surface area contributed by atoms with Gasteiger partial charge in [0.15, 0.2) is 0 Å². The predicted octanol–water partition coefficient (Wildman–Crippen LogP) is 2.56. The van der Waals surface area contributed by atoms with Gasteiger partial charge in [0, 0.05) is 19.6 Å². The van der Waals surface area contributed by atoms with Gasteiger partial charge in [-0.15, -0.1) is 0 Å². The number of benzene rings is 1. The van der Waals surface area contributed by atoms with Crippen LogP contribution in [0.4, 0.5) is 4.39 Å². The number of hydrogen-bond donors (Lipinski definition) is 1. The van der Waals surface area contributed by atoms with E-state index in [0.717, 1.165) is 51.0 Å². The van der Waals surface area contributed by atoms with Crippen LogP contribution < -0.4 is 5.32 Å². The molecule has 1 heterocycles. The molecule has 0 saturated carbocycles. The Morgan fingerprint density at radius 2 is 2.35 bits per heavy atom. The lowest BCUT2D eigenvalue weighted by molar-refractivity contribution is -0.126. The van der Waals surface area contributed by atoms with Crippen molar-refractivity contribution in [2.45, 2.75) is 32.7 Å².